The van der Waals surface area contributed by atoms with Gasteiger partial charge >= 0.3 is 0 Å². The molecule has 0 saturated carbocycles. The fourth-order valence-corrected chi connectivity index (χ4v) is 5.37. The second-order valence-electron chi connectivity index (χ2n) is 7.87. The smallest absolute Gasteiger partial charge is 0.175 e. The molecule has 29 heavy (non-hydrogen) atoms. The Labute approximate surface area is 179 Å². The predicted octanol–water partition coefficient (Wildman–Crippen LogP) is 5.80. The van der Waals surface area contributed by atoms with Crippen molar-refractivity contribution in [3.63, 3.8) is 0 Å². The molecule has 0 spiro atoms. The number of hydrogen-bond acceptors (Lipinski definition) is 4. The molecule has 0 radical (unpaired) electrons. The van der Waals surface area contributed by atoms with E-state index in [4.69, 9.17) is 17.2 Å². The summed E-state index contributed by atoms with van der Waals surface area (Å²) < 4.78 is 0.665. The molecule has 1 aliphatic rings. The van der Waals surface area contributed by atoms with Crippen LogP contribution in [0.2, 0.25) is 0 Å². The van der Waals surface area contributed by atoms with E-state index in [0.717, 1.165) is 36.6 Å². The Bertz CT molecular complexity index is 1150. The van der Waals surface area contributed by atoms with E-state index in [2.05, 4.69) is 63.4 Å². The molecule has 4 aromatic rings. The SMILES string of the molecule is S=c1[nH]c2ccc(-c3cnc(CN4CCC(Cc5ccccc5)CC4)s3)cc2[nH]1. The summed E-state index contributed by atoms with van der Waals surface area (Å²) in [5, 5.41) is 1.20. The largest absolute Gasteiger partial charge is 0.331 e. The molecule has 1 saturated heterocycles. The Morgan fingerprint density at radius 1 is 1.03 bits per heavy atom. The van der Waals surface area contributed by atoms with Crippen LogP contribution in [-0.2, 0) is 13.0 Å². The van der Waals surface area contributed by atoms with Crippen LogP contribution in [0.3, 0.4) is 0 Å². The van der Waals surface area contributed by atoms with Crippen molar-refractivity contribution in [2.45, 2.75) is 25.8 Å². The van der Waals surface area contributed by atoms with Crippen LogP contribution < -0.4 is 0 Å². The van der Waals surface area contributed by atoms with Gasteiger partial charge in [0.1, 0.15) is 5.01 Å². The van der Waals surface area contributed by atoms with Gasteiger partial charge in [0.15, 0.2) is 4.77 Å². The second kappa shape index (κ2) is 8.22. The molecule has 148 valence electrons. The third kappa shape index (κ3) is 4.34. The number of nitrogens with zero attached hydrogens (tertiary/aromatic N) is 2. The minimum Gasteiger partial charge on any atom is -0.331 e. The molecule has 0 atom stereocenters. The van der Waals surface area contributed by atoms with Crippen molar-refractivity contribution < 1.29 is 0 Å². The average Bonchev–Trinajstić information content (AvgIpc) is 3.35. The number of likely N-dealkylation sites (tertiary alicyclic amines) is 1. The van der Waals surface area contributed by atoms with E-state index in [9.17, 15) is 0 Å². The highest BCUT2D eigenvalue weighted by Gasteiger charge is 2.20. The van der Waals surface area contributed by atoms with Crippen molar-refractivity contribution in [1.82, 2.24) is 19.9 Å². The minimum absolute atomic E-state index is 0.665. The van der Waals surface area contributed by atoms with Crippen molar-refractivity contribution in [2.75, 3.05) is 13.1 Å². The first kappa shape index (κ1) is 18.7. The Morgan fingerprint density at radius 2 is 1.83 bits per heavy atom. The standard InChI is InChI=1S/C23H24N4S2/c28-23-25-19-7-6-18(13-20(19)26-23)21-14-24-22(29-21)15-27-10-8-17(9-11-27)12-16-4-2-1-3-5-16/h1-7,13-14,17H,8-12,15H2,(H2,25,26,28). The summed E-state index contributed by atoms with van der Waals surface area (Å²) >= 11 is 6.98. The van der Waals surface area contributed by atoms with Crippen molar-refractivity contribution in [3.05, 3.63) is 70.1 Å². The zero-order valence-corrected chi connectivity index (χ0v) is 17.9. The number of H-pyrrole nitrogens is 2. The van der Waals surface area contributed by atoms with Gasteiger partial charge in [-0.3, -0.25) is 4.90 Å². The molecule has 0 aliphatic carbocycles. The highest BCUT2D eigenvalue weighted by atomic mass is 32.1. The molecule has 0 unspecified atom stereocenters. The number of thiazole rings is 1. The lowest BCUT2D eigenvalue weighted by molar-refractivity contribution is 0.177. The quantitative estimate of drug-likeness (QED) is 0.401. The van der Waals surface area contributed by atoms with Gasteiger partial charge in [0.25, 0.3) is 0 Å². The maximum Gasteiger partial charge on any atom is 0.175 e. The molecule has 2 N–H and O–H groups in total. The molecule has 1 aliphatic heterocycles. The number of hydrogen-bond donors (Lipinski definition) is 2. The Morgan fingerprint density at radius 3 is 2.66 bits per heavy atom. The maximum absolute atomic E-state index is 5.19. The number of fused-ring (bicyclic) bond motifs is 1. The monoisotopic (exact) mass is 420 g/mol. The normalized spacial score (nSPS) is 15.9. The van der Waals surface area contributed by atoms with Crippen LogP contribution in [0.5, 0.6) is 0 Å². The summed E-state index contributed by atoms with van der Waals surface area (Å²) in [7, 11) is 0. The molecule has 4 nitrogen and oxygen atoms in total. The fourth-order valence-electron chi connectivity index (χ4n) is 4.19. The maximum atomic E-state index is 5.19. The van der Waals surface area contributed by atoms with Crippen LogP contribution in [0.4, 0.5) is 0 Å². The van der Waals surface area contributed by atoms with Crippen molar-refractivity contribution in [3.8, 4) is 10.4 Å². The third-order valence-electron chi connectivity index (χ3n) is 5.79. The van der Waals surface area contributed by atoms with Gasteiger partial charge in [-0.15, -0.1) is 11.3 Å². The number of nitrogens with one attached hydrogen (secondary N) is 2. The minimum atomic E-state index is 0.665. The number of aromatic nitrogens is 3. The summed E-state index contributed by atoms with van der Waals surface area (Å²) in [6.45, 7) is 3.29. The van der Waals surface area contributed by atoms with E-state index in [0.29, 0.717) is 4.77 Å². The summed E-state index contributed by atoms with van der Waals surface area (Å²) in [4.78, 5) is 14.8. The number of rotatable bonds is 5. The van der Waals surface area contributed by atoms with Gasteiger partial charge in [0.05, 0.1) is 22.5 Å². The van der Waals surface area contributed by atoms with Crippen molar-refractivity contribution >= 4 is 34.6 Å². The lowest BCUT2D eigenvalue weighted by atomic mass is 9.90. The molecular weight excluding hydrogens is 396 g/mol. The first-order valence-electron chi connectivity index (χ1n) is 10.2. The number of piperidine rings is 1. The topological polar surface area (TPSA) is 47.7 Å². The van der Waals surface area contributed by atoms with E-state index >= 15 is 0 Å². The van der Waals surface area contributed by atoms with Gasteiger partial charge in [-0.1, -0.05) is 36.4 Å². The predicted molar refractivity (Wildman–Crippen MR) is 123 cm³/mol. The lowest BCUT2D eigenvalue weighted by Crippen LogP contribution is -2.33. The molecule has 2 aromatic heterocycles. The van der Waals surface area contributed by atoms with Crippen molar-refractivity contribution in [2.24, 2.45) is 5.92 Å². The summed E-state index contributed by atoms with van der Waals surface area (Å²) in [5.41, 5.74) is 4.74. The van der Waals surface area contributed by atoms with Gasteiger partial charge < -0.3 is 9.97 Å². The van der Waals surface area contributed by atoms with Gasteiger partial charge in [-0.25, -0.2) is 4.98 Å². The molecule has 3 heterocycles. The van der Waals surface area contributed by atoms with Crippen LogP contribution in [0, 0.1) is 10.7 Å². The molecular formula is C23H24N4S2. The van der Waals surface area contributed by atoms with Crippen LogP contribution in [0.25, 0.3) is 21.5 Å². The number of imidazole rings is 1. The van der Waals surface area contributed by atoms with E-state index < -0.39 is 0 Å². The average molecular weight is 421 g/mol. The zero-order chi connectivity index (χ0) is 19.6. The van der Waals surface area contributed by atoms with Crippen LogP contribution in [0.15, 0.2) is 54.7 Å². The summed E-state index contributed by atoms with van der Waals surface area (Å²) in [6.07, 6.45) is 5.76. The number of benzene rings is 2. The molecule has 2 aromatic carbocycles. The molecule has 1 fully saturated rings. The lowest BCUT2D eigenvalue weighted by Gasteiger charge is -2.31. The van der Waals surface area contributed by atoms with Crippen LogP contribution in [-0.4, -0.2) is 32.9 Å². The molecule has 5 rings (SSSR count). The fraction of sp³-hybridized carbons (Fsp3) is 0.304. The Hall–Kier alpha value is -2.28. The highest BCUT2D eigenvalue weighted by Crippen LogP contribution is 2.30. The van der Waals surface area contributed by atoms with Crippen LogP contribution in [0.1, 0.15) is 23.4 Å². The second-order valence-corrected chi connectivity index (χ2v) is 9.39. The molecule has 0 amide bonds. The molecule has 0 bridgehead atoms. The summed E-state index contributed by atoms with van der Waals surface area (Å²) in [6, 6.07) is 17.2. The van der Waals surface area contributed by atoms with Gasteiger partial charge in [-0.2, -0.15) is 0 Å². The highest BCUT2D eigenvalue weighted by molar-refractivity contribution is 7.71. The van der Waals surface area contributed by atoms with E-state index in [1.165, 1.54) is 40.3 Å². The first-order valence-corrected chi connectivity index (χ1v) is 11.4. The summed E-state index contributed by atoms with van der Waals surface area (Å²) in [5.74, 6) is 0.805. The van der Waals surface area contributed by atoms with Crippen LogP contribution >= 0.6 is 23.6 Å². The Balaban J connectivity index is 1.20. The zero-order valence-electron chi connectivity index (χ0n) is 16.2. The van der Waals surface area contributed by atoms with Crippen molar-refractivity contribution in [1.29, 1.82) is 0 Å². The van der Waals surface area contributed by atoms with Gasteiger partial charge in [-0.05, 0) is 73.7 Å². The van der Waals surface area contributed by atoms with Gasteiger partial charge in [0, 0.05) is 6.20 Å². The van der Waals surface area contributed by atoms with E-state index in [-0.39, 0.29) is 0 Å². The van der Waals surface area contributed by atoms with E-state index in [1.54, 1.807) is 11.3 Å². The molecule has 6 heteroatoms. The first-order chi connectivity index (χ1) is 14.2. The van der Waals surface area contributed by atoms with Gasteiger partial charge in [0.2, 0.25) is 0 Å². The van der Waals surface area contributed by atoms with E-state index in [1.807, 2.05) is 6.20 Å². The Kier molecular flexibility index (Phi) is 5.31. The number of aromatic amines is 2. The third-order valence-corrected chi connectivity index (χ3v) is 7.02.